The Hall–Kier alpha value is -1.40. The van der Waals surface area contributed by atoms with Crippen molar-refractivity contribution in [1.29, 1.82) is 0 Å². The van der Waals surface area contributed by atoms with Crippen LogP contribution in [-0.2, 0) is 4.74 Å². The summed E-state index contributed by atoms with van der Waals surface area (Å²) in [6, 6.07) is 0. The van der Waals surface area contributed by atoms with E-state index in [1.807, 2.05) is 4.90 Å². The molecule has 1 aliphatic rings. The van der Waals surface area contributed by atoms with Gasteiger partial charge in [0.2, 0.25) is 5.95 Å². The number of nitrogens with zero attached hydrogens (tertiary/aromatic N) is 3. The number of ether oxygens (including phenoxy) is 1. The largest absolute Gasteiger partial charge is 0.543 e. The summed E-state index contributed by atoms with van der Waals surface area (Å²) in [6.45, 7) is 2.42. The Kier molecular flexibility index (Phi) is 3.21. The van der Waals surface area contributed by atoms with E-state index in [1.54, 1.807) is 0 Å². The summed E-state index contributed by atoms with van der Waals surface area (Å²) in [5.74, 6) is -1.06. The highest BCUT2D eigenvalue weighted by Crippen LogP contribution is 2.16. The molecule has 0 spiro atoms. The van der Waals surface area contributed by atoms with Crippen LogP contribution < -0.4 is 10.0 Å². The lowest BCUT2D eigenvalue weighted by Crippen LogP contribution is -2.38. The molecule has 0 amide bonds. The van der Waals surface area contributed by atoms with Gasteiger partial charge in [0.25, 0.3) is 0 Å². The molecule has 0 atom stereocenters. The highest BCUT2D eigenvalue weighted by molar-refractivity contribution is 6.33. The summed E-state index contributed by atoms with van der Waals surface area (Å²) in [5.41, 5.74) is -0.279. The quantitative estimate of drug-likeness (QED) is 0.685. The van der Waals surface area contributed by atoms with Crippen LogP contribution in [0.15, 0.2) is 6.20 Å². The first kappa shape index (κ1) is 11.1. The van der Waals surface area contributed by atoms with Crippen LogP contribution in [0.5, 0.6) is 0 Å². The van der Waals surface area contributed by atoms with E-state index in [9.17, 15) is 9.90 Å². The standard InChI is InChI=1S/C9H10ClN3O3/c10-6-5-11-9(12-7(6)8(14)15)13-1-3-16-4-2-13/h5H,1-4H2,(H,14,15)/p-1. The van der Waals surface area contributed by atoms with E-state index < -0.39 is 5.97 Å². The lowest BCUT2D eigenvalue weighted by molar-refractivity contribution is -0.255. The van der Waals surface area contributed by atoms with Crippen LogP contribution >= 0.6 is 11.6 Å². The van der Waals surface area contributed by atoms with Gasteiger partial charge in [-0.15, -0.1) is 0 Å². The van der Waals surface area contributed by atoms with Crippen LogP contribution in [0, 0.1) is 0 Å². The van der Waals surface area contributed by atoms with Gasteiger partial charge in [0.1, 0.15) is 5.69 Å². The van der Waals surface area contributed by atoms with Gasteiger partial charge in [-0.05, 0) is 0 Å². The maximum absolute atomic E-state index is 10.7. The number of anilines is 1. The van der Waals surface area contributed by atoms with Crippen LogP contribution in [0.2, 0.25) is 5.02 Å². The summed E-state index contributed by atoms with van der Waals surface area (Å²) in [6.07, 6.45) is 1.27. The molecular formula is C9H9ClN3O3-. The lowest BCUT2D eigenvalue weighted by Gasteiger charge is -2.27. The first-order valence-corrected chi connectivity index (χ1v) is 5.13. The van der Waals surface area contributed by atoms with E-state index in [1.165, 1.54) is 6.20 Å². The Balaban J connectivity index is 2.27. The zero-order chi connectivity index (χ0) is 11.5. The Morgan fingerprint density at radius 1 is 1.50 bits per heavy atom. The Morgan fingerprint density at radius 3 is 2.81 bits per heavy atom. The second kappa shape index (κ2) is 4.63. The number of hydrogen-bond acceptors (Lipinski definition) is 6. The summed E-state index contributed by atoms with van der Waals surface area (Å²) >= 11 is 5.64. The number of morpholine rings is 1. The van der Waals surface area contributed by atoms with E-state index in [4.69, 9.17) is 16.3 Å². The van der Waals surface area contributed by atoms with Gasteiger partial charge in [-0.25, -0.2) is 9.97 Å². The highest BCUT2D eigenvalue weighted by atomic mass is 35.5. The molecule has 0 aliphatic carbocycles. The minimum absolute atomic E-state index is 0.0167. The van der Waals surface area contributed by atoms with Crippen LogP contribution in [0.3, 0.4) is 0 Å². The molecule has 6 nitrogen and oxygen atoms in total. The minimum Gasteiger partial charge on any atom is -0.543 e. The fraction of sp³-hybridized carbons (Fsp3) is 0.444. The van der Waals surface area contributed by atoms with Crippen molar-refractivity contribution < 1.29 is 14.6 Å². The highest BCUT2D eigenvalue weighted by Gasteiger charge is 2.15. The molecule has 0 unspecified atom stereocenters. The first-order valence-electron chi connectivity index (χ1n) is 4.75. The summed E-state index contributed by atoms with van der Waals surface area (Å²) in [5, 5.41) is 10.7. The lowest BCUT2D eigenvalue weighted by atomic mass is 10.4. The van der Waals surface area contributed by atoms with Gasteiger partial charge in [-0.3, -0.25) is 0 Å². The van der Waals surface area contributed by atoms with Crippen molar-refractivity contribution in [1.82, 2.24) is 9.97 Å². The first-order chi connectivity index (χ1) is 7.68. The smallest absolute Gasteiger partial charge is 0.226 e. The van der Waals surface area contributed by atoms with Crippen LogP contribution in [0.25, 0.3) is 0 Å². The van der Waals surface area contributed by atoms with Crippen molar-refractivity contribution >= 4 is 23.5 Å². The Labute approximate surface area is 96.8 Å². The number of rotatable bonds is 2. The van der Waals surface area contributed by atoms with E-state index in [0.29, 0.717) is 32.3 Å². The second-order valence-corrected chi connectivity index (χ2v) is 3.66. The summed E-state index contributed by atoms with van der Waals surface area (Å²) in [4.78, 5) is 20.4. The van der Waals surface area contributed by atoms with Gasteiger partial charge in [-0.2, -0.15) is 0 Å². The molecule has 0 aromatic carbocycles. The average Bonchev–Trinajstić information content (AvgIpc) is 2.30. The molecule has 86 valence electrons. The molecule has 1 aromatic rings. The van der Waals surface area contributed by atoms with Gasteiger partial charge in [0, 0.05) is 13.1 Å². The molecule has 1 aromatic heterocycles. The van der Waals surface area contributed by atoms with Crippen LogP contribution in [-0.4, -0.2) is 42.2 Å². The number of carboxylic acid groups (broad SMARTS) is 1. The molecule has 0 bridgehead atoms. The monoisotopic (exact) mass is 242 g/mol. The van der Waals surface area contributed by atoms with Crippen molar-refractivity contribution in [3.63, 3.8) is 0 Å². The van der Waals surface area contributed by atoms with Gasteiger partial charge in [0.15, 0.2) is 0 Å². The number of aromatic carboxylic acids is 1. The summed E-state index contributed by atoms with van der Waals surface area (Å²) < 4.78 is 5.17. The van der Waals surface area contributed by atoms with Gasteiger partial charge in [-0.1, -0.05) is 11.6 Å². The fourth-order valence-corrected chi connectivity index (χ4v) is 1.58. The minimum atomic E-state index is -1.40. The number of hydrogen-bond donors (Lipinski definition) is 0. The van der Waals surface area contributed by atoms with Crippen molar-refractivity contribution in [3.8, 4) is 0 Å². The van der Waals surface area contributed by atoms with E-state index in [0.717, 1.165) is 0 Å². The second-order valence-electron chi connectivity index (χ2n) is 3.25. The topological polar surface area (TPSA) is 78.4 Å². The molecule has 7 heteroatoms. The van der Waals surface area contributed by atoms with Gasteiger partial charge in [0.05, 0.1) is 30.4 Å². The normalized spacial score (nSPS) is 16.2. The average molecular weight is 243 g/mol. The number of carboxylic acids is 1. The van der Waals surface area contributed by atoms with Crippen molar-refractivity contribution in [3.05, 3.63) is 16.9 Å². The van der Waals surface area contributed by atoms with Crippen molar-refractivity contribution in [2.75, 3.05) is 31.2 Å². The summed E-state index contributed by atoms with van der Waals surface area (Å²) in [7, 11) is 0. The van der Waals surface area contributed by atoms with Crippen molar-refractivity contribution in [2.45, 2.75) is 0 Å². The molecule has 0 radical (unpaired) electrons. The maximum Gasteiger partial charge on any atom is 0.226 e. The number of carbonyl (C=O) groups excluding carboxylic acids is 1. The van der Waals surface area contributed by atoms with E-state index >= 15 is 0 Å². The zero-order valence-corrected chi connectivity index (χ0v) is 9.11. The number of halogens is 1. The molecule has 16 heavy (non-hydrogen) atoms. The number of carbonyl (C=O) groups is 1. The molecule has 2 rings (SSSR count). The van der Waals surface area contributed by atoms with E-state index in [-0.39, 0.29) is 10.7 Å². The zero-order valence-electron chi connectivity index (χ0n) is 8.35. The molecule has 1 aliphatic heterocycles. The van der Waals surface area contributed by atoms with Crippen LogP contribution in [0.4, 0.5) is 5.95 Å². The fourth-order valence-electron chi connectivity index (χ4n) is 1.42. The van der Waals surface area contributed by atoms with Crippen LogP contribution in [0.1, 0.15) is 10.5 Å². The predicted molar refractivity (Wildman–Crippen MR) is 54.4 cm³/mol. The third-order valence-corrected chi connectivity index (χ3v) is 2.50. The van der Waals surface area contributed by atoms with E-state index in [2.05, 4.69) is 9.97 Å². The van der Waals surface area contributed by atoms with Gasteiger partial charge >= 0.3 is 0 Å². The molecular weight excluding hydrogens is 234 g/mol. The molecule has 0 saturated carbocycles. The number of aromatic nitrogens is 2. The third-order valence-electron chi connectivity index (χ3n) is 2.22. The molecule has 1 saturated heterocycles. The third kappa shape index (κ3) is 2.23. The van der Waals surface area contributed by atoms with Gasteiger partial charge < -0.3 is 19.5 Å². The predicted octanol–water partition coefficient (Wildman–Crippen LogP) is -0.670. The molecule has 0 N–H and O–H groups in total. The SMILES string of the molecule is O=C([O-])c1nc(N2CCOCC2)ncc1Cl. The Bertz CT molecular complexity index is 407. The van der Waals surface area contributed by atoms with Crippen molar-refractivity contribution in [2.24, 2.45) is 0 Å². The Morgan fingerprint density at radius 2 is 2.19 bits per heavy atom. The molecule has 2 heterocycles. The molecule has 1 fully saturated rings. The maximum atomic E-state index is 10.7.